The fourth-order valence-electron chi connectivity index (χ4n) is 3.50. The van der Waals surface area contributed by atoms with Gasteiger partial charge in [-0.2, -0.15) is 0 Å². The fraction of sp³-hybridized carbons (Fsp3) is 0.429. The maximum Gasteiger partial charge on any atom is 0.309 e. The number of piperidine rings is 1. The second-order valence-electron chi connectivity index (χ2n) is 6.72. The molecule has 3 rings (SSSR count). The Morgan fingerprint density at radius 3 is 2.50 bits per heavy atom. The molecule has 0 spiro atoms. The van der Waals surface area contributed by atoms with E-state index in [1.165, 1.54) is 0 Å². The summed E-state index contributed by atoms with van der Waals surface area (Å²) in [5.74, 6) is 1.63. The van der Waals surface area contributed by atoms with Gasteiger partial charge in [0.05, 0.1) is 32.4 Å². The number of nitrogens with two attached hydrogens (primary N) is 1. The van der Waals surface area contributed by atoms with Crippen molar-refractivity contribution in [3.8, 4) is 22.8 Å². The van der Waals surface area contributed by atoms with Gasteiger partial charge in [-0.25, -0.2) is 4.98 Å². The van der Waals surface area contributed by atoms with Crippen LogP contribution in [0, 0.1) is 5.92 Å². The molecule has 1 saturated heterocycles. The second-order valence-corrected chi connectivity index (χ2v) is 6.72. The first kappa shape index (κ1) is 19.8. The van der Waals surface area contributed by atoms with Crippen LogP contribution in [-0.2, 0) is 9.53 Å². The minimum absolute atomic E-state index is 0.0271. The van der Waals surface area contributed by atoms with Crippen molar-refractivity contribution in [3.05, 3.63) is 30.3 Å². The standard InChI is InChI=1S/C21H27N3O4/c1-4-28-21(25)14-7-9-24(10-8-14)16-12-17(23-20(22)13-16)15-5-6-18(26-2)19(11-15)27-3/h5-6,11-14H,4,7-10H2,1-3H3,(H2,22,23). The van der Waals surface area contributed by atoms with E-state index in [-0.39, 0.29) is 11.9 Å². The lowest BCUT2D eigenvalue weighted by Gasteiger charge is -2.32. The number of ether oxygens (including phenoxy) is 3. The summed E-state index contributed by atoms with van der Waals surface area (Å²) in [4.78, 5) is 18.7. The van der Waals surface area contributed by atoms with Crippen molar-refractivity contribution < 1.29 is 19.0 Å². The molecule has 0 saturated carbocycles. The molecule has 1 fully saturated rings. The average Bonchev–Trinajstić information content (AvgIpc) is 2.73. The zero-order valence-corrected chi connectivity index (χ0v) is 16.6. The van der Waals surface area contributed by atoms with E-state index in [9.17, 15) is 4.79 Å². The van der Waals surface area contributed by atoms with Crippen LogP contribution in [0.4, 0.5) is 11.5 Å². The quantitative estimate of drug-likeness (QED) is 0.765. The number of aromatic nitrogens is 1. The molecule has 0 atom stereocenters. The number of anilines is 2. The smallest absolute Gasteiger partial charge is 0.309 e. The van der Waals surface area contributed by atoms with Gasteiger partial charge in [0.15, 0.2) is 11.5 Å². The Bertz CT molecular complexity index is 832. The van der Waals surface area contributed by atoms with Crippen LogP contribution in [0.25, 0.3) is 11.3 Å². The van der Waals surface area contributed by atoms with Crippen molar-refractivity contribution in [1.82, 2.24) is 4.98 Å². The van der Waals surface area contributed by atoms with E-state index in [4.69, 9.17) is 19.9 Å². The predicted octanol–water partition coefficient (Wildman–Crippen LogP) is 3.13. The minimum atomic E-state index is -0.0950. The number of hydrogen-bond donors (Lipinski definition) is 1. The molecule has 2 N–H and O–H groups in total. The number of esters is 1. The van der Waals surface area contributed by atoms with Gasteiger partial charge in [-0.3, -0.25) is 4.79 Å². The summed E-state index contributed by atoms with van der Waals surface area (Å²) in [6, 6.07) is 9.55. The monoisotopic (exact) mass is 385 g/mol. The van der Waals surface area contributed by atoms with Gasteiger partial charge >= 0.3 is 5.97 Å². The Kier molecular flexibility index (Phi) is 6.23. The van der Waals surface area contributed by atoms with Crippen molar-refractivity contribution in [1.29, 1.82) is 0 Å². The summed E-state index contributed by atoms with van der Waals surface area (Å²) >= 11 is 0. The van der Waals surface area contributed by atoms with Crippen molar-refractivity contribution in [2.45, 2.75) is 19.8 Å². The molecule has 0 bridgehead atoms. The molecule has 1 aliphatic rings. The molecule has 0 amide bonds. The summed E-state index contributed by atoms with van der Waals surface area (Å²) in [6.07, 6.45) is 1.54. The van der Waals surface area contributed by atoms with Crippen molar-refractivity contribution in [2.24, 2.45) is 5.92 Å². The Hall–Kier alpha value is -2.96. The number of carbonyl (C=O) groups excluding carboxylic acids is 1. The lowest BCUT2D eigenvalue weighted by Crippen LogP contribution is -2.37. The SMILES string of the molecule is CCOC(=O)C1CCN(c2cc(N)nc(-c3ccc(OC)c(OC)c3)c2)CC1. The summed E-state index contributed by atoms with van der Waals surface area (Å²) in [5, 5.41) is 0. The normalized spacial score (nSPS) is 14.6. The van der Waals surface area contributed by atoms with Crippen LogP contribution in [0.15, 0.2) is 30.3 Å². The molecule has 1 aliphatic heterocycles. The molecule has 0 radical (unpaired) electrons. The molecule has 28 heavy (non-hydrogen) atoms. The van der Waals surface area contributed by atoms with Gasteiger partial charge in [-0.15, -0.1) is 0 Å². The van der Waals surface area contributed by atoms with Crippen LogP contribution >= 0.6 is 0 Å². The number of pyridine rings is 1. The van der Waals surface area contributed by atoms with E-state index in [2.05, 4.69) is 9.88 Å². The molecule has 0 aliphatic carbocycles. The molecule has 150 valence electrons. The maximum absolute atomic E-state index is 12.0. The average molecular weight is 385 g/mol. The van der Waals surface area contributed by atoms with Gasteiger partial charge in [0, 0.05) is 30.4 Å². The van der Waals surface area contributed by atoms with Crippen LogP contribution in [0.1, 0.15) is 19.8 Å². The van der Waals surface area contributed by atoms with Crippen LogP contribution in [0.3, 0.4) is 0 Å². The van der Waals surface area contributed by atoms with Crippen molar-refractivity contribution >= 4 is 17.5 Å². The number of nitrogen functional groups attached to an aromatic ring is 1. The van der Waals surface area contributed by atoms with Crippen LogP contribution in [0.2, 0.25) is 0 Å². The summed E-state index contributed by atoms with van der Waals surface area (Å²) < 4.78 is 15.8. The molecule has 7 nitrogen and oxygen atoms in total. The first-order valence-corrected chi connectivity index (χ1v) is 9.47. The molecule has 0 unspecified atom stereocenters. The molecular formula is C21H27N3O4. The highest BCUT2D eigenvalue weighted by molar-refractivity contribution is 5.73. The van der Waals surface area contributed by atoms with E-state index in [1.807, 2.05) is 37.3 Å². The highest BCUT2D eigenvalue weighted by atomic mass is 16.5. The maximum atomic E-state index is 12.0. The number of rotatable bonds is 6. The number of methoxy groups -OCH3 is 2. The minimum Gasteiger partial charge on any atom is -0.493 e. The van der Waals surface area contributed by atoms with Gasteiger partial charge < -0.3 is 24.8 Å². The van der Waals surface area contributed by atoms with Crippen LogP contribution in [0.5, 0.6) is 11.5 Å². The van der Waals surface area contributed by atoms with Crippen molar-refractivity contribution in [3.63, 3.8) is 0 Å². The van der Waals surface area contributed by atoms with Crippen molar-refractivity contribution in [2.75, 3.05) is 44.5 Å². The number of hydrogen-bond acceptors (Lipinski definition) is 7. The van der Waals surface area contributed by atoms with E-state index in [0.29, 0.717) is 23.9 Å². The second kappa shape index (κ2) is 8.82. The molecule has 2 aromatic rings. The Morgan fingerprint density at radius 1 is 1.14 bits per heavy atom. The van der Waals surface area contributed by atoms with E-state index in [0.717, 1.165) is 42.9 Å². The molecule has 1 aromatic heterocycles. The van der Waals surface area contributed by atoms with E-state index < -0.39 is 0 Å². The number of nitrogens with zero attached hydrogens (tertiary/aromatic N) is 2. The first-order chi connectivity index (χ1) is 13.5. The summed E-state index contributed by atoms with van der Waals surface area (Å²) in [5.41, 5.74) is 8.74. The van der Waals surface area contributed by atoms with Gasteiger partial charge in [0.1, 0.15) is 5.82 Å². The Labute approximate surface area is 165 Å². The zero-order chi connectivity index (χ0) is 20.1. The fourth-order valence-corrected chi connectivity index (χ4v) is 3.50. The largest absolute Gasteiger partial charge is 0.493 e. The first-order valence-electron chi connectivity index (χ1n) is 9.47. The summed E-state index contributed by atoms with van der Waals surface area (Å²) in [7, 11) is 3.21. The van der Waals surface area contributed by atoms with Gasteiger partial charge in [-0.1, -0.05) is 0 Å². The number of carbonyl (C=O) groups is 1. The van der Waals surface area contributed by atoms with Gasteiger partial charge in [-0.05, 0) is 44.0 Å². The van der Waals surface area contributed by atoms with Crippen LogP contribution in [-0.4, -0.2) is 44.9 Å². The van der Waals surface area contributed by atoms with Gasteiger partial charge in [0.25, 0.3) is 0 Å². The van der Waals surface area contributed by atoms with E-state index >= 15 is 0 Å². The van der Waals surface area contributed by atoms with Crippen LogP contribution < -0.4 is 20.1 Å². The lowest BCUT2D eigenvalue weighted by atomic mass is 9.96. The highest BCUT2D eigenvalue weighted by Gasteiger charge is 2.26. The Balaban J connectivity index is 1.80. The lowest BCUT2D eigenvalue weighted by molar-refractivity contribution is -0.148. The number of benzene rings is 1. The van der Waals surface area contributed by atoms with Gasteiger partial charge in [0.2, 0.25) is 0 Å². The molecule has 2 heterocycles. The third-order valence-electron chi connectivity index (χ3n) is 4.99. The Morgan fingerprint density at radius 2 is 1.86 bits per heavy atom. The summed E-state index contributed by atoms with van der Waals surface area (Å²) in [6.45, 7) is 3.81. The molecule has 7 heteroatoms. The molecule has 1 aromatic carbocycles. The molecular weight excluding hydrogens is 358 g/mol. The highest BCUT2D eigenvalue weighted by Crippen LogP contribution is 2.34. The third-order valence-corrected chi connectivity index (χ3v) is 4.99. The predicted molar refractivity (Wildman–Crippen MR) is 109 cm³/mol. The third kappa shape index (κ3) is 4.30. The van der Waals surface area contributed by atoms with E-state index in [1.54, 1.807) is 14.2 Å². The topological polar surface area (TPSA) is 86.9 Å². The zero-order valence-electron chi connectivity index (χ0n) is 16.6.